The number of carbonyl (C=O) groups excluding carboxylic acids is 2. The molecule has 1 aliphatic heterocycles. The van der Waals surface area contributed by atoms with Gasteiger partial charge >= 0.3 is 0 Å². The molecule has 1 N–H and O–H groups in total. The second-order valence-electron chi connectivity index (χ2n) is 6.64. The Hall–Kier alpha value is -1.06. The molecule has 114 valence electrons. The largest absolute Gasteiger partial charge is 0.340 e. The van der Waals surface area contributed by atoms with E-state index in [0.717, 1.165) is 18.9 Å². The van der Waals surface area contributed by atoms with Crippen LogP contribution in [-0.4, -0.2) is 34.8 Å². The summed E-state index contributed by atoms with van der Waals surface area (Å²) in [5, 5.41) is 2.88. The Morgan fingerprint density at radius 1 is 1.25 bits per heavy atom. The van der Waals surface area contributed by atoms with Crippen LogP contribution < -0.4 is 5.32 Å². The van der Waals surface area contributed by atoms with Crippen LogP contribution in [0.2, 0.25) is 0 Å². The van der Waals surface area contributed by atoms with Gasteiger partial charge in [-0.25, -0.2) is 0 Å². The fourth-order valence-electron chi connectivity index (χ4n) is 3.40. The van der Waals surface area contributed by atoms with Gasteiger partial charge in [0.15, 0.2) is 0 Å². The molecule has 2 atom stereocenters. The fourth-order valence-corrected chi connectivity index (χ4v) is 3.40. The number of nitrogens with one attached hydrogen (secondary N) is 1. The molecule has 0 bridgehead atoms. The van der Waals surface area contributed by atoms with Crippen LogP contribution in [-0.2, 0) is 9.59 Å². The number of rotatable bonds is 4. The topological polar surface area (TPSA) is 49.4 Å². The van der Waals surface area contributed by atoms with Crippen molar-refractivity contribution >= 4 is 11.8 Å². The predicted molar refractivity (Wildman–Crippen MR) is 79.2 cm³/mol. The van der Waals surface area contributed by atoms with Gasteiger partial charge in [-0.3, -0.25) is 9.59 Å². The zero-order chi connectivity index (χ0) is 14.8. The van der Waals surface area contributed by atoms with Crippen LogP contribution in [0.5, 0.6) is 0 Å². The van der Waals surface area contributed by atoms with E-state index in [2.05, 4.69) is 5.32 Å². The second kappa shape index (κ2) is 6.15. The van der Waals surface area contributed by atoms with E-state index in [4.69, 9.17) is 0 Å². The summed E-state index contributed by atoms with van der Waals surface area (Å²) in [6.45, 7) is 6.36. The molecule has 0 aromatic heterocycles. The molecule has 0 radical (unpaired) electrons. The van der Waals surface area contributed by atoms with Crippen LogP contribution in [0.15, 0.2) is 0 Å². The smallest absolute Gasteiger partial charge is 0.248 e. The van der Waals surface area contributed by atoms with Crippen molar-refractivity contribution in [2.45, 2.75) is 77.3 Å². The van der Waals surface area contributed by atoms with Gasteiger partial charge in [-0.2, -0.15) is 0 Å². The van der Waals surface area contributed by atoms with Crippen molar-refractivity contribution in [2.24, 2.45) is 5.92 Å². The molecule has 2 rings (SSSR count). The average molecular weight is 280 g/mol. The zero-order valence-electron chi connectivity index (χ0n) is 13.1. The van der Waals surface area contributed by atoms with Gasteiger partial charge in [-0.05, 0) is 32.6 Å². The van der Waals surface area contributed by atoms with E-state index in [1.54, 1.807) is 4.90 Å². The van der Waals surface area contributed by atoms with Crippen LogP contribution in [0.4, 0.5) is 0 Å². The highest BCUT2D eigenvalue weighted by atomic mass is 16.2. The molecule has 1 saturated heterocycles. The molecule has 1 saturated carbocycles. The third kappa shape index (κ3) is 2.99. The van der Waals surface area contributed by atoms with Crippen LogP contribution >= 0.6 is 0 Å². The van der Waals surface area contributed by atoms with E-state index in [9.17, 15) is 9.59 Å². The number of piperazine rings is 1. The average Bonchev–Trinajstić information content (AvgIpc) is 2.46. The zero-order valence-corrected chi connectivity index (χ0v) is 13.1. The Morgan fingerprint density at radius 3 is 2.50 bits per heavy atom. The lowest BCUT2D eigenvalue weighted by atomic mass is 9.86. The number of hydrogen-bond acceptors (Lipinski definition) is 2. The molecule has 2 fully saturated rings. The van der Waals surface area contributed by atoms with Crippen LogP contribution in [0.1, 0.15) is 65.7 Å². The molecule has 0 aromatic rings. The second-order valence-corrected chi connectivity index (χ2v) is 6.64. The van der Waals surface area contributed by atoms with E-state index in [0.29, 0.717) is 6.42 Å². The molecular weight excluding hydrogens is 252 g/mol. The molecule has 0 spiro atoms. The molecular formula is C16H28N2O2. The molecule has 4 heteroatoms. The Morgan fingerprint density at radius 2 is 1.90 bits per heavy atom. The molecule has 2 amide bonds. The molecule has 4 nitrogen and oxygen atoms in total. The lowest BCUT2D eigenvalue weighted by Gasteiger charge is -2.43. The first-order valence-corrected chi connectivity index (χ1v) is 8.11. The molecule has 1 heterocycles. The van der Waals surface area contributed by atoms with Crippen molar-refractivity contribution in [2.75, 3.05) is 6.54 Å². The molecule has 1 aliphatic carbocycles. The van der Waals surface area contributed by atoms with Crippen molar-refractivity contribution in [1.29, 1.82) is 0 Å². The van der Waals surface area contributed by atoms with Crippen molar-refractivity contribution in [3.05, 3.63) is 0 Å². The number of amides is 2. The molecule has 0 aromatic carbocycles. The minimum Gasteiger partial charge on any atom is -0.340 e. The lowest BCUT2D eigenvalue weighted by molar-refractivity contribution is -0.154. The van der Waals surface area contributed by atoms with Gasteiger partial charge in [-0.1, -0.05) is 39.0 Å². The highest BCUT2D eigenvalue weighted by molar-refractivity contribution is 5.99. The first-order chi connectivity index (χ1) is 9.48. The number of hydrogen-bond donors (Lipinski definition) is 1. The molecule has 2 unspecified atom stereocenters. The van der Waals surface area contributed by atoms with Crippen LogP contribution in [0, 0.1) is 5.92 Å². The summed E-state index contributed by atoms with van der Waals surface area (Å²) in [4.78, 5) is 26.5. The molecule has 20 heavy (non-hydrogen) atoms. The maximum atomic E-state index is 12.6. The third-order valence-electron chi connectivity index (χ3n) is 5.19. The fraction of sp³-hybridized carbons (Fsp3) is 0.875. The van der Waals surface area contributed by atoms with Gasteiger partial charge in [0.25, 0.3) is 0 Å². The van der Waals surface area contributed by atoms with E-state index < -0.39 is 5.54 Å². The van der Waals surface area contributed by atoms with Crippen LogP contribution in [0.25, 0.3) is 0 Å². The summed E-state index contributed by atoms with van der Waals surface area (Å²) in [6, 6.07) is -0.328. The van der Waals surface area contributed by atoms with Gasteiger partial charge in [0.2, 0.25) is 11.8 Å². The summed E-state index contributed by atoms with van der Waals surface area (Å²) in [5.41, 5.74) is -0.712. The van der Waals surface area contributed by atoms with Crippen molar-refractivity contribution in [3.8, 4) is 0 Å². The third-order valence-corrected chi connectivity index (χ3v) is 5.19. The number of nitrogens with zero attached hydrogens (tertiary/aromatic N) is 1. The normalized spacial score (nSPS) is 32.4. The van der Waals surface area contributed by atoms with Crippen molar-refractivity contribution in [1.82, 2.24) is 10.2 Å². The van der Waals surface area contributed by atoms with Gasteiger partial charge in [0.05, 0.1) is 0 Å². The molecule has 2 aliphatic rings. The Labute approximate surface area is 122 Å². The highest BCUT2D eigenvalue weighted by Gasteiger charge is 2.45. The van der Waals surface area contributed by atoms with Gasteiger partial charge in [0.1, 0.15) is 11.6 Å². The maximum Gasteiger partial charge on any atom is 0.248 e. The van der Waals surface area contributed by atoms with Crippen molar-refractivity contribution in [3.63, 3.8) is 0 Å². The Kier molecular flexibility index (Phi) is 4.71. The first-order valence-electron chi connectivity index (χ1n) is 8.11. The number of carbonyl (C=O) groups is 2. The SMILES string of the molecule is CCC1(C)NC(=O)C(C)N(CCC2CCCCC2)C1=O. The van der Waals surface area contributed by atoms with Crippen molar-refractivity contribution < 1.29 is 9.59 Å². The van der Waals surface area contributed by atoms with Gasteiger partial charge in [0, 0.05) is 6.54 Å². The lowest BCUT2D eigenvalue weighted by Crippen LogP contribution is -2.68. The monoisotopic (exact) mass is 280 g/mol. The van der Waals surface area contributed by atoms with E-state index >= 15 is 0 Å². The summed E-state index contributed by atoms with van der Waals surface area (Å²) < 4.78 is 0. The van der Waals surface area contributed by atoms with E-state index in [1.807, 2.05) is 20.8 Å². The van der Waals surface area contributed by atoms with Gasteiger partial charge < -0.3 is 10.2 Å². The van der Waals surface area contributed by atoms with Crippen LogP contribution in [0.3, 0.4) is 0 Å². The summed E-state index contributed by atoms with van der Waals surface area (Å²) in [7, 11) is 0. The van der Waals surface area contributed by atoms with E-state index in [1.165, 1.54) is 32.1 Å². The summed E-state index contributed by atoms with van der Waals surface area (Å²) in [6.07, 6.45) is 8.25. The minimum atomic E-state index is -0.712. The maximum absolute atomic E-state index is 12.6. The highest BCUT2D eigenvalue weighted by Crippen LogP contribution is 2.28. The summed E-state index contributed by atoms with van der Waals surface area (Å²) in [5.74, 6) is 0.808. The quantitative estimate of drug-likeness (QED) is 0.860. The Balaban J connectivity index is 1.99. The van der Waals surface area contributed by atoms with Gasteiger partial charge in [-0.15, -0.1) is 0 Å². The Bertz CT molecular complexity index is 377. The summed E-state index contributed by atoms with van der Waals surface area (Å²) >= 11 is 0. The first kappa shape index (κ1) is 15.3. The minimum absolute atomic E-state index is 0.0161. The van der Waals surface area contributed by atoms with E-state index in [-0.39, 0.29) is 17.9 Å². The predicted octanol–water partition coefficient (Wildman–Crippen LogP) is 2.47. The standard InChI is InChI=1S/C16H28N2O2/c1-4-16(3)15(20)18(12(2)14(19)17-16)11-10-13-8-6-5-7-9-13/h12-13H,4-11H2,1-3H3,(H,17,19).